The molecule has 86 valence electrons. The molecule has 1 heteroatoms. The highest BCUT2D eigenvalue weighted by Crippen LogP contribution is 2.26. The van der Waals surface area contributed by atoms with E-state index in [1.165, 1.54) is 5.57 Å². The van der Waals surface area contributed by atoms with E-state index >= 15 is 0 Å². The molecule has 0 N–H and O–H groups in total. The van der Waals surface area contributed by atoms with Crippen molar-refractivity contribution in [3.05, 3.63) is 47.6 Å². The number of rotatable bonds is 4. The second-order valence-electron chi connectivity index (χ2n) is 4.47. The lowest BCUT2D eigenvalue weighted by Crippen LogP contribution is -2.09. The smallest absolute Gasteiger partial charge is 0.0763 e. The fourth-order valence-corrected chi connectivity index (χ4v) is 1.35. The first-order valence-corrected chi connectivity index (χ1v) is 5.45. The summed E-state index contributed by atoms with van der Waals surface area (Å²) in [6, 6.07) is 2.30. The van der Waals surface area contributed by atoms with Gasteiger partial charge < -0.3 is 0 Å². The average Bonchev–Trinajstić information content (AvgIpc) is 2.23. The molecular weight excluding hydrogens is 194 g/mol. The molecule has 0 heterocycles. The second kappa shape index (κ2) is 6.12. The Hall–Kier alpha value is -1.55. The number of nitrogens with zero attached hydrogens (tertiary/aromatic N) is 1. The van der Waals surface area contributed by atoms with Crippen LogP contribution < -0.4 is 0 Å². The van der Waals surface area contributed by atoms with Crippen molar-refractivity contribution in [2.24, 2.45) is 5.41 Å². The molecule has 0 radical (unpaired) electrons. The van der Waals surface area contributed by atoms with Crippen LogP contribution >= 0.6 is 0 Å². The Bertz CT molecular complexity index is 380. The molecule has 16 heavy (non-hydrogen) atoms. The highest BCUT2D eigenvalue weighted by molar-refractivity contribution is 5.39. The van der Waals surface area contributed by atoms with Crippen LogP contribution in [0.4, 0.5) is 0 Å². The second-order valence-corrected chi connectivity index (χ2v) is 4.47. The summed E-state index contributed by atoms with van der Waals surface area (Å²) in [6.07, 6.45) is 7.81. The van der Waals surface area contributed by atoms with Crippen molar-refractivity contribution >= 4 is 0 Å². The minimum Gasteiger partial charge on any atom is -0.197 e. The van der Waals surface area contributed by atoms with E-state index in [9.17, 15) is 0 Å². The third-order valence-electron chi connectivity index (χ3n) is 2.55. The molecule has 0 aliphatic carbocycles. The Morgan fingerprint density at radius 2 is 1.81 bits per heavy atom. The fourth-order valence-electron chi connectivity index (χ4n) is 1.35. The van der Waals surface area contributed by atoms with Crippen molar-refractivity contribution in [3.63, 3.8) is 0 Å². The molecule has 0 atom stereocenters. The SMILES string of the molecule is C=CC(/C=C\C(=C/C)C(C)(C)C#N)=C(C)C. The van der Waals surface area contributed by atoms with Gasteiger partial charge in [0, 0.05) is 0 Å². The lowest BCUT2D eigenvalue weighted by atomic mass is 9.85. The number of allylic oxidation sites excluding steroid dienone is 7. The molecule has 0 aliphatic rings. The molecule has 0 rings (SSSR count). The maximum Gasteiger partial charge on any atom is 0.0763 e. The normalized spacial score (nSPS) is 12.4. The molecule has 0 aliphatic heterocycles. The van der Waals surface area contributed by atoms with Crippen molar-refractivity contribution in [3.8, 4) is 6.07 Å². The van der Waals surface area contributed by atoms with Crippen LogP contribution in [0.15, 0.2) is 47.6 Å². The standard InChI is InChI=1S/C15H21N/c1-7-13(12(3)4)9-10-14(8-2)15(5,6)11-16/h7-10H,1H2,2-6H3/b10-9-,14-8+. The van der Waals surface area contributed by atoms with Crippen molar-refractivity contribution in [1.82, 2.24) is 0 Å². The topological polar surface area (TPSA) is 23.8 Å². The first-order valence-electron chi connectivity index (χ1n) is 5.45. The van der Waals surface area contributed by atoms with E-state index in [0.29, 0.717) is 0 Å². The van der Waals surface area contributed by atoms with Gasteiger partial charge in [0.15, 0.2) is 0 Å². The number of nitriles is 1. The molecule has 0 saturated carbocycles. The summed E-state index contributed by atoms with van der Waals surface area (Å²) >= 11 is 0. The molecule has 0 aromatic heterocycles. The number of hydrogen-bond acceptors (Lipinski definition) is 1. The predicted octanol–water partition coefficient (Wildman–Crippen LogP) is 4.56. The Morgan fingerprint density at radius 1 is 1.25 bits per heavy atom. The van der Waals surface area contributed by atoms with E-state index in [2.05, 4.69) is 12.6 Å². The minimum absolute atomic E-state index is 0.445. The van der Waals surface area contributed by atoms with Crippen molar-refractivity contribution in [2.75, 3.05) is 0 Å². The molecular formula is C15H21N. The van der Waals surface area contributed by atoms with Crippen molar-refractivity contribution in [1.29, 1.82) is 5.26 Å². The van der Waals surface area contributed by atoms with Crippen LogP contribution in [0, 0.1) is 16.7 Å². The van der Waals surface area contributed by atoms with Gasteiger partial charge in [-0.1, -0.05) is 36.5 Å². The summed E-state index contributed by atoms with van der Waals surface area (Å²) in [4.78, 5) is 0. The maximum atomic E-state index is 9.07. The van der Waals surface area contributed by atoms with Gasteiger partial charge >= 0.3 is 0 Å². The van der Waals surface area contributed by atoms with Crippen molar-refractivity contribution in [2.45, 2.75) is 34.6 Å². The van der Waals surface area contributed by atoms with Gasteiger partial charge in [-0.05, 0) is 45.8 Å². The van der Waals surface area contributed by atoms with E-state index in [-0.39, 0.29) is 0 Å². The van der Waals surface area contributed by atoms with E-state index < -0.39 is 5.41 Å². The molecule has 0 aromatic rings. The number of hydrogen-bond donors (Lipinski definition) is 0. The summed E-state index contributed by atoms with van der Waals surface area (Å²) in [5, 5.41) is 9.07. The molecule has 0 unspecified atom stereocenters. The Balaban J connectivity index is 5.13. The van der Waals surface area contributed by atoms with E-state index in [0.717, 1.165) is 11.1 Å². The zero-order chi connectivity index (χ0) is 12.8. The third-order valence-corrected chi connectivity index (χ3v) is 2.55. The zero-order valence-electron chi connectivity index (χ0n) is 11.0. The van der Waals surface area contributed by atoms with Gasteiger partial charge in [0.05, 0.1) is 11.5 Å². The van der Waals surface area contributed by atoms with Crippen LogP contribution in [-0.2, 0) is 0 Å². The van der Waals surface area contributed by atoms with Crippen LogP contribution in [-0.4, -0.2) is 0 Å². The zero-order valence-corrected chi connectivity index (χ0v) is 11.0. The van der Waals surface area contributed by atoms with Gasteiger partial charge in [-0.2, -0.15) is 5.26 Å². The van der Waals surface area contributed by atoms with Gasteiger partial charge in [-0.15, -0.1) is 0 Å². The summed E-state index contributed by atoms with van der Waals surface area (Å²) in [5.41, 5.74) is 2.90. The highest BCUT2D eigenvalue weighted by Gasteiger charge is 2.19. The summed E-state index contributed by atoms with van der Waals surface area (Å²) in [5.74, 6) is 0. The lowest BCUT2D eigenvalue weighted by molar-refractivity contribution is 0.611. The summed E-state index contributed by atoms with van der Waals surface area (Å²) < 4.78 is 0. The monoisotopic (exact) mass is 215 g/mol. The lowest BCUT2D eigenvalue weighted by Gasteiger charge is -2.16. The van der Waals surface area contributed by atoms with Gasteiger partial charge in [-0.3, -0.25) is 0 Å². The van der Waals surface area contributed by atoms with Gasteiger partial charge in [0.25, 0.3) is 0 Å². The molecule has 0 saturated heterocycles. The van der Waals surface area contributed by atoms with Gasteiger partial charge in [-0.25, -0.2) is 0 Å². The van der Waals surface area contributed by atoms with E-state index in [4.69, 9.17) is 5.26 Å². The van der Waals surface area contributed by atoms with E-state index in [1.54, 1.807) is 0 Å². The van der Waals surface area contributed by atoms with Crippen molar-refractivity contribution < 1.29 is 0 Å². The first kappa shape index (κ1) is 14.5. The molecule has 0 amide bonds. The molecule has 0 fully saturated rings. The van der Waals surface area contributed by atoms with Gasteiger partial charge in [0.1, 0.15) is 0 Å². The molecule has 0 bridgehead atoms. The maximum absolute atomic E-state index is 9.07. The van der Waals surface area contributed by atoms with Crippen LogP contribution in [0.3, 0.4) is 0 Å². The fraction of sp³-hybridized carbons (Fsp3) is 0.400. The van der Waals surface area contributed by atoms with Gasteiger partial charge in [0.2, 0.25) is 0 Å². The van der Waals surface area contributed by atoms with Crippen LogP contribution in [0.5, 0.6) is 0 Å². The largest absolute Gasteiger partial charge is 0.197 e. The van der Waals surface area contributed by atoms with Crippen LogP contribution in [0.25, 0.3) is 0 Å². The Labute approximate surface area is 99.5 Å². The molecule has 0 spiro atoms. The Morgan fingerprint density at radius 3 is 2.12 bits per heavy atom. The quantitative estimate of drug-likeness (QED) is 0.630. The Kier molecular flexibility index (Phi) is 5.53. The highest BCUT2D eigenvalue weighted by atomic mass is 14.3. The minimum atomic E-state index is -0.445. The van der Waals surface area contributed by atoms with Crippen LogP contribution in [0.2, 0.25) is 0 Å². The molecule has 0 aromatic carbocycles. The summed E-state index contributed by atoms with van der Waals surface area (Å²) in [7, 11) is 0. The van der Waals surface area contributed by atoms with E-state index in [1.807, 2.05) is 58.9 Å². The summed E-state index contributed by atoms with van der Waals surface area (Å²) in [6.45, 7) is 13.7. The predicted molar refractivity (Wildman–Crippen MR) is 70.9 cm³/mol. The van der Waals surface area contributed by atoms with Crippen LogP contribution in [0.1, 0.15) is 34.6 Å². The third kappa shape index (κ3) is 3.90. The first-order chi connectivity index (χ1) is 7.38. The average molecular weight is 215 g/mol. The molecule has 1 nitrogen and oxygen atoms in total.